The first kappa shape index (κ1) is 16.5. The molecule has 2 aromatic rings. The minimum Gasteiger partial charge on any atom is -0.377 e. The van der Waals surface area contributed by atoms with Crippen LogP contribution in [-0.2, 0) is 10.8 Å². The summed E-state index contributed by atoms with van der Waals surface area (Å²) < 4.78 is 12.9. The van der Waals surface area contributed by atoms with Gasteiger partial charge in [-0.25, -0.2) is 4.21 Å². The molecule has 1 unspecified atom stereocenters. The van der Waals surface area contributed by atoms with Crippen LogP contribution < -0.4 is 4.90 Å². The molecular formula is C19H23NOS. The van der Waals surface area contributed by atoms with Crippen molar-refractivity contribution in [3.8, 4) is 0 Å². The summed E-state index contributed by atoms with van der Waals surface area (Å²) in [6.07, 6.45) is 0. The predicted octanol–water partition coefficient (Wildman–Crippen LogP) is 4.56. The molecule has 0 saturated heterocycles. The Balaban J connectivity index is 2.44. The lowest BCUT2D eigenvalue weighted by Crippen LogP contribution is -2.11. The zero-order chi connectivity index (χ0) is 16.1. The number of allylic oxidation sites excluding steroid dienone is 1. The van der Waals surface area contributed by atoms with E-state index in [-0.39, 0.29) is 0 Å². The van der Waals surface area contributed by atoms with E-state index in [1.165, 1.54) is 0 Å². The van der Waals surface area contributed by atoms with Crippen LogP contribution in [0, 0.1) is 5.92 Å². The number of benzene rings is 2. The van der Waals surface area contributed by atoms with Crippen molar-refractivity contribution in [1.82, 2.24) is 0 Å². The van der Waals surface area contributed by atoms with Crippen molar-refractivity contribution in [2.45, 2.75) is 18.7 Å². The molecule has 22 heavy (non-hydrogen) atoms. The van der Waals surface area contributed by atoms with E-state index in [0.717, 1.165) is 21.7 Å². The molecule has 0 spiro atoms. The molecule has 116 valence electrons. The highest BCUT2D eigenvalue weighted by Gasteiger charge is 2.13. The fourth-order valence-corrected chi connectivity index (χ4v) is 3.78. The van der Waals surface area contributed by atoms with Gasteiger partial charge in [0.05, 0.1) is 21.4 Å². The number of anilines is 1. The Morgan fingerprint density at radius 3 is 2.18 bits per heavy atom. The Bertz CT molecular complexity index is 675. The van der Waals surface area contributed by atoms with Crippen LogP contribution in [0.1, 0.15) is 19.4 Å². The van der Waals surface area contributed by atoms with Crippen LogP contribution in [-0.4, -0.2) is 18.3 Å². The van der Waals surface area contributed by atoms with Crippen LogP contribution in [0.3, 0.4) is 0 Å². The summed E-state index contributed by atoms with van der Waals surface area (Å²) in [5.74, 6) is 0.317. The van der Waals surface area contributed by atoms with Gasteiger partial charge in [0, 0.05) is 19.5 Å². The van der Waals surface area contributed by atoms with Gasteiger partial charge in [-0.2, -0.15) is 0 Å². The van der Waals surface area contributed by atoms with Crippen LogP contribution in [0.5, 0.6) is 0 Å². The van der Waals surface area contributed by atoms with E-state index in [0.29, 0.717) is 5.92 Å². The molecule has 0 aliphatic heterocycles. The van der Waals surface area contributed by atoms with Crippen molar-refractivity contribution in [3.63, 3.8) is 0 Å². The average molecular weight is 313 g/mol. The molecule has 0 amide bonds. The summed E-state index contributed by atoms with van der Waals surface area (Å²) in [5, 5.41) is 1.89. The maximum atomic E-state index is 12.9. The van der Waals surface area contributed by atoms with E-state index in [1.807, 2.05) is 66.9 Å². The first-order chi connectivity index (χ1) is 10.5. The number of nitrogens with zero attached hydrogens (tertiary/aromatic N) is 1. The topological polar surface area (TPSA) is 20.3 Å². The molecule has 2 rings (SSSR count). The van der Waals surface area contributed by atoms with Crippen LogP contribution in [0.25, 0.3) is 5.57 Å². The van der Waals surface area contributed by atoms with Crippen LogP contribution in [0.15, 0.2) is 64.9 Å². The van der Waals surface area contributed by atoms with E-state index in [9.17, 15) is 4.21 Å². The van der Waals surface area contributed by atoms with Crippen molar-refractivity contribution in [1.29, 1.82) is 0 Å². The predicted molar refractivity (Wildman–Crippen MR) is 96.4 cm³/mol. The first-order valence-corrected chi connectivity index (χ1v) is 8.66. The molecule has 2 aromatic carbocycles. The van der Waals surface area contributed by atoms with E-state index < -0.39 is 10.8 Å². The van der Waals surface area contributed by atoms with E-state index in [1.54, 1.807) is 0 Å². The van der Waals surface area contributed by atoms with Gasteiger partial charge < -0.3 is 4.90 Å². The molecule has 0 fully saturated rings. The number of hydrogen-bond donors (Lipinski definition) is 0. The fraction of sp³-hybridized carbons (Fsp3) is 0.263. The Labute approximate surface area is 135 Å². The number of para-hydroxylation sites is 1. The van der Waals surface area contributed by atoms with Crippen LogP contribution in [0.4, 0.5) is 5.69 Å². The highest BCUT2D eigenvalue weighted by molar-refractivity contribution is 7.88. The largest absolute Gasteiger partial charge is 0.377 e. The van der Waals surface area contributed by atoms with Crippen molar-refractivity contribution < 1.29 is 4.21 Å². The average Bonchev–Trinajstić information content (AvgIpc) is 2.52. The Morgan fingerprint density at radius 1 is 1.00 bits per heavy atom. The Kier molecular flexibility index (Phi) is 5.56. The quantitative estimate of drug-likeness (QED) is 0.806. The zero-order valence-corrected chi connectivity index (χ0v) is 14.4. The third kappa shape index (κ3) is 3.86. The third-order valence-corrected chi connectivity index (χ3v) is 4.77. The SMILES string of the molecule is CC(C)/C(=C\S(=O)c1ccccc1N(C)C)c1ccccc1. The van der Waals surface area contributed by atoms with Gasteiger partial charge >= 0.3 is 0 Å². The summed E-state index contributed by atoms with van der Waals surface area (Å²) in [4.78, 5) is 2.85. The summed E-state index contributed by atoms with van der Waals surface area (Å²) in [6, 6.07) is 18.0. The van der Waals surface area contributed by atoms with Gasteiger partial charge in [-0.3, -0.25) is 0 Å². The zero-order valence-electron chi connectivity index (χ0n) is 13.6. The van der Waals surface area contributed by atoms with E-state index in [4.69, 9.17) is 0 Å². The highest BCUT2D eigenvalue weighted by Crippen LogP contribution is 2.28. The normalized spacial score (nSPS) is 13.2. The molecule has 0 aliphatic carbocycles. The summed E-state index contributed by atoms with van der Waals surface area (Å²) in [5.41, 5.74) is 3.24. The molecule has 0 aromatic heterocycles. The van der Waals surface area contributed by atoms with Crippen LogP contribution in [0.2, 0.25) is 0 Å². The van der Waals surface area contributed by atoms with E-state index >= 15 is 0 Å². The van der Waals surface area contributed by atoms with Gasteiger partial charge in [0.2, 0.25) is 0 Å². The lowest BCUT2D eigenvalue weighted by molar-refractivity contribution is 0.688. The van der Waals surface area contributed by atoms with Crippen LogP contribution >= 0.6 is 0 Å². The molecule has 2 nitrogen and oxygen atoms in total. The van der Waals surface area contributed by atoms with Gasteiger partial charge in [0.15, 0.2) is 0 Å². The molecular weight excluding hydrogens is 290 g/mol. The highest BCUT2D eigenvalue weighted by atomic mass is 32.2. The Hall–Kier alpha value is -1.87. The summed E-state index contributed by atoms with van der Waals surface area (Å²) in [6.45, 7) is 4.27. The standard InChI is InChI=1S/C19H23NOS/c1-15(2)17(16-10-6-5-7-11-16)14-22(21)19-13-9-8-12-18(19)20(3)4/h5-15H,1-4H3/b17-14+. The van der Waals surface area contributed by atoms with Crippen molar-refractivity contribution in [2.24, 2.45) is 5.92 Å². The second kappa shape index (κ2) is 7.41. The molecule has 0 saturated carbocycles. The molecule has 0 radical (unpaired) electrons. The second-order valence-corrected chi connectivity index (χ2v) is 7.02. The minimum absolute atomic E-state index is 0.317. The van der Waals surface area contributed by atoms with Gasteiger partial charge in [-0.15, -0.1) is 0 Å². The maximum Gasteiger partial charge on any atom is 0.0800 e. The van der Waals surface area contributed by atoms with Crippen molar-refractivity contribution in [3.05, 3.63) is 65.6 Å². The fourth-order valence-electron chi connectivity index (χ4n) is 2.34. The second-order valence-electron chi connectivity index (χ2n) is 5.75. The molecule has 1 atom stereocenters. The lowest BCUT2D eigenvalue weighted by atomic mass is 9.97. The van der Waals surface area contributed by atoms with Gasteiger partial charge in [-0.05, 0) is 29.2 Å². The summed E-state index contributed by atoms with van der Waals surface area (Å²) in [7, 11) is 2.77. The van der Waals surface area contributed by atoms with Crippen molar-refractivity contribution in [2.75, 3.05) is 19.0 Å². The molecule has 3 heteroatoms. The van der Waals surface area contributed by atoms with Gasteiger partial charge in [-0.1, -0.05) is 56.3 Å². The minimum atomic E-state index is -1.17. The molecule has 0 bridgehead atoms. The first-order valence-electron chi connectivity index (χ1n) is 7.44. The van der Waals surface area contributed by atoms with Gasteiger partial charge in [0.1, 0.15) is 0 Å². The smallest absolute Gasteiger partial charge is 0.0800 e. The van der Waals surface area contributed by atoms with Gasteiger partial charge in [0.25, 0.3) is 0 Å². The van der Waals surface area contributed by atoms with E-state index in [2.05, 4.69) is 26.0 Å². The molecule has 0 N–H and O–H groups in total. The number of hydrogen-bond acceptors (Lipinski definition) is 2. The Morgan fingerprint density at radius 2 is 1.59 bits per heavy atom. The maximum absolute atomic E-state index is 12.9. The third-order valence-electron chi connectivity index (χ3n) is 3.53. The summed E-state index contributed by atoms with van der Waals surface area (Å²) >= 11 is 0. The molecule has 0 heterocycles. The molecule has 0 aliphatic rings. The monoisotopic (exact) mass is 313 g/mol. The number of rotatable bonds is 5. The van der Waals surface area contributed by atoms with Crippen molar-refractivity contribution >= 4 is 22.1 Å². The lowest BCUT2D eigenvalue weighted by Gasteiger charge is -2.17.